The van der Waals surface area contributed by atoms with Crippen LogP contribution in [0.15, 0.2) is 9.41 Å². The summed E-state index contributed by atoms with van der Waals surface area (Å²) in [6.07, 6.45) is 2.36. The second-order valence-corrected chi connectivity index (χ2v) is 8.06. The Hall–Kier alpha value is -0.830. The van der Waals surface area contributed by atoms with Crippen molar-refractivity contribution in [2.75, 3.05) is 26.2 Å². The Bertz CT molecular complexity index is 551. The zero-order chi connectivity index (χ0) is 18.4. The molecule has 2 rings (SSSR count). The van der Waals surface area contributed by atoms with E-state index >= 15 is 0 Å². The van der Waals surface area contributed by atoms with Crippen LogP contribution in [0.4, 0.5) is 0 Å². The first-order chi connectivity index (χ1) is 11.8. The van der Waals surface area contributed by atoms with Gasteiger partial charge in [-0.05, 0) is 73.4 Å². The van der Waals surface area contributed by atoms with Gasteiger partial charge < -0.3 is 15.1 Å². The Balaban J connectivity index is 0.00000338. The van der Waals surface area contributed by atoms with Crippen LogP contribution in [0, 0.1) is 19.8 Å². The van der Waals surface area contributed by atoms with Gasteiger partial charge in [-0.1, -0.05) is 0 Å². The molecule has 1 aromatic rings. The second-order valence-electron chi connectivity index (χ2n) is 8.06. The fourth-order valence-corrected chi connectivity index (χ4v) is 3.01. The lowest BCUT2D eigenvalue weighted by atomic mass is 9.97. The minimum Gasteiger partial charge on any atom is -0.444 e. The fraction of sp³-hybridized carbons (Fsp3) is 0.789. The summed E-state index contributed by atoms with van der Waals surface area (Å²) < 4.78 is 5.70. The fourth-order valence-electron chi connectivity index (χ4n) is 3.01. The van der Waals surface area contributed by atoms with E-state index in [0.717, 1.165) is 56.0 Å². The first-order valence-corrected chi connectivity index (χ1v) is 9.48. The van der Waals surface area contributed by atoms with E-state index in [9.17, 15) is 0 Å². The largest absolute Gasteiger partial charge is 0.444 e. The molecule has 1 saturated heterocycles. The van der Waals surface area contributed by atoms with Crippen molar-refractivity contribution in [3.63, 3.8) is 0 Å². The number of halogens is 1. The number of piperidine rings is 1. The summed E-state index contributed by atoms with van der Waals surface area (Å²) in [6, 6.07) is 0. The van der Waals surface area contributed by atoms with Crippen molar-refractivity contribution in [2.24, 2.45) is 10.9 Å². The summed E-state index contributed by atoms with van der Waals surface area (Å²) in [7, 11) is 0. The normalized spacial score (nSPS) is 17.1. The van der Waals surface area contributed by atoms with Crippen molar-refractivity contribution >= 4 is 29.9 Å². The van der Waals surface area contributed by atoms with Crippen LogP contribution in [-0.2, 0) is 6.54 Å². The number of nitrogens with one attached hydrogen (secondary N) is 2. The number of oxazole rings is 1. The Morgan fingerprint density at radius 1 is 1.27 bits per heavy atom. The highest BCUT2D eigenvalue weighted by molar-refractivity contribution is 14.0. The Morgan fingerprint density at radius 3 is 2.42 bits per heavy atom. The van der Waals surface area contributed by atoms with E-state index in [1.165, 1.54) is 12.8 Å². The highest BCUT2D eigenvalue weighted by Crippen LogP contribution is 2.20. The molecule has 0 aromatic carbocycles. The van der Waals surface area contributed by atoms with Gasteiger partial charge in [0, 0.05) is 18.6 Å². The van der Waals surface area contributed by atoms with Crippen molar-refractivity contribution in [3.8, 4) is 0 Å². The van der Waals surface area contributed by atoms with Crippen molar-refractivity contribution in [2.45, 2.75) is 66.5 Å². The molecular formula is C19H36IN5O. The van der Waals surface area contributed by atoms with E-state index in [1.807, 2.05) is 13.8 Å². The summed E-state index contributed by atoms with van der Waals surface area (Å²) in [5.41, 5.74) is 1.03. The SMILES string of the molecule is CCNC(=NCC1CCN(Cc2nc(C)c(C)o2)CC1)NC(C)(C)C.I. The van der Waals surface area contributed by atoms with Crippen LogP contribution in [0.3, 0.4) is 0 Å². The monoisotopic (exact) mass is 477 g/mol. The molecule has 1 aliphatic rings. The molecule has 7 heteroatoms. The Kier molecular flexibility index (Phi) is 9.36. The molecule has 1 fully saturated rings. The molecule has 0 aliphatic carbocycles. The molecule has 1 aromatic heterocycles. The van der Waals surface area contributed by atoms with E-state index in [-0.39, 0.29) is 29.5 Å². The minimum absolute atomic E-state index is 0. The van der Waals surface area contributed by atoms with Crippen LogP contribution in [0.25, 0.3) is 0 Å². The quantitative estimate of drug-likeness (QED) is 0.386. The number of rotatable bonds is 5. The van der Waals surface area contributed by atoms with Crippen LogP contribution in [-0.4, -0.2) is 47.6 Å². The second kappa shape index (κ2) is 10.5. The lowest BCUT2D eigenvalue weighted by Gasteiger charge is -2.30. The molecule has 0 radical (unpaired) electrons. The smallest absolute Gasteiger partial charge is 0.208 e. The molecule has 0 saturated carbocycles. The zero-order valence-corrected chi connectivity index (χ0v) is 19.5. The third-order valence-corrected chi connectivity index (χ3v) is 4.48. The number of hydrogen-bond donors (Lipinski definition) is 2. The molecule has 0 spiro atoms. The van der Waals surface area contributed by atoms with Gasteiger partial charge in [0.15, 0.2) is 5.96 Å². The van der Waals surface area contributed by atoms with Gasteiger partial charge in [-0.2, -0.15) is 0 Å². The molecule has 0 bridgehead atoms. The van der Waals surface area contributed by atoms with Gasteiger partial charge >= 0.3 is 0 Å². The molecule has 26 heavy (non-hydrogen) atoms. The Morgan fingerprint density at radius 2 is 1.92 bits per heavy atom. The van der Waals surface area contributed by atoms with Gasteiger partial charge in [0.2, 0.25) is 5.89 Å². The van der Waals surface area contributed by atoms with E-state index < -0.39 is 0 Å². The predicted molar refractivity (Wildman–Crippen MR) is 118 cm³/mol. The van der Waals surface area contributed by atoms with Gasteiger partial charge in [0.05, 0.1) is 12.2 Å². The highest BCUT2D eigenvalue weighted by atomic mass is 127. The van der Waals surface area contributed by atoms with Crippen molar-refractivity contribution in [1.29, 1.82) is 0 Å². The lowest BCUT2D eigenvalue weighted by Crippen LogP contribution is -2.47. The lowest BCUT2D eigenvalue weighted by molar-refractivity contribution is 0.166. The van der Waals surface area contributed by atoms with Gasteiger partial charge in [0.1, 0.15) is 5.76 Å². The summed E-state index contributed by atoms with van der Waals surface area (Å²) in [5.74, 6) is 3.35. The van der Waals surface area contributed by atoms with Crippen LogP contribution < -0.4 is 10.6 Å². The number of guanidine groups is 1. The molecule has 0 amide bonds. The third-order valence-electron chi connectivity index (χ3n) is 4.48. The number of likely N-dealkylation sites (tertiary alicyclic amines) is 1. The molecule has 1 aliphatic heterocycles. The van der Waals surface area contributed by atoms with Crippen LogP contribution in [0.1, 0.15) is 57.9 Å². The predicted octanol–water partition coefficient (Wildman–Crippen LogP) is 3.48. The highest BCUT2D eigenvalue weighted by Gasteiger charge is 2.21. The van der Waals surface area contributed by atoms with Crippen molar-refractivity contribution in [3.05, 3.63) is 17.3 Å². The van der Waals surface area contributed by atoms with Gasteiger partial charge in [0.25, 0.3) is 0 Å². The number of aryl methyl sites for hydroxylation is 2. The Labute approximate surface area is 175 Å². The van der Waals surface area contributed by atoms with Gasteiger partial charge in [-0.15, -0.1) is 24.0 Å². The molecule has 6 nitrogen and oxygen atoms in total. The van der Waals surface area contributed by atoms with E-state index in [4.69, 9.17) is 9.41 Å². The first-order valence-electron chi connectivity index (χ1n) is 9.48. The molecule has 2 heterocycles. The first kappa shape index (κ1) is 23.2. The average Bonchev–Trinajstić information content (AvgIpc) is 2.83. The summed E-state index contributed by atoms with van der Waals surface area (Å²) in [5, 5.41) is 6.79. The van der Waals surface area contributed by atoms with Crippen LogP contribution >= 0.6 is 24.0 Å². The third kappa shape index (κ3) is 7.82. The van der Waals surface area contributed by atoms with E-state index in [0.29, 0.717) is 5.92 Å². The number of hydrogen-bond acceptors (Lipinski definition) is 4. The standard InChI is InChI=1S/C19H35N5O.HI/c1-7-20-18(23-19(4,5)6)21-12-16-8-10-24(11-9-16)13-17-22-14(2)15(3)25-17;/h16H,7-13H2,1-6H3,(H2,20,21,23);1H. The van der Waals surface area contributed by atoms with Crippen molar-refractivity contribution < 1.29 is 4.42 Å². The number of aliphatic imine (C=N–C) groups is 1. The topological polar surface area (TPSA) is 65.7 Å². The number of nitrogens with zero attached hydrogens (tertiary/aromatic N) is 3. The van der Waals surface area contributed by atoms with Gasteiger partial charge in [-0.25, -0.2) is 4.98 Å². The van der Waals surface area contributed by atoms with E-state index in [1.54, 1.807) is 0 Å². The average molecular weight is 477 g/mol. The zero-order valence-electron chi connectivity index (χ0n) is 17.2. The maximum Gasteiger partial charge on any atom is 0.208 e. The molecular weight excluding hydrogens is 441 g/mol. The van der Waals surface area contributed by atoms with Crippen LogP contribution in [0.2, 0.25) is 0 Å². The summed E-state index contributed by atoms with van der Waals surface area (Å²) in [6.45, 7) is 17.3. The van der Waals surface area contributed by atoms with Gasteiger partial charge in [-0.3, -0.25) is 9.89 Å². The molecule has 150 valence electrons. The summed E-state index contributed by atoms with van der Waals surface area (Å²) in [4.78, 5) is 11.7. The van der Waals surface area contributed by atoms with Crippen molar-refractivity contribution in [1.82, 2.24) is 20.5 Å². The number of aromatic nitrogens is 1. The summed E-state index contributed by atoms with van der Waals surface area (Å²) >= 11 is 0. The van der Waals surface area contributed by atoms with E-state index in [2.05, 4.69) is 48.2 Å². The molecule has 0 atom stereocenters. The molecule has 0 unspecified atom stereocenters. The maximum absolute atomic E-state index is 5.70. The molecule has 2 N–H and O–H groups in total. The van der Waals surface area contributed by atoms with Crippen LogP contribution in [0.5, 0.6) is 0 Å². The minimum atomic E-state index is 0. The maximum atomic E-state index is 5.70.